The molecule has 8 heteroatoms. The predicted molar refractivity (Wildman–Crippen MR) is 64.8 cm³/mol. The minimum absolute atomic E-state index is 0.0362. The Hall–Kier alpha value is -2.02. The van der Waals surface area contributed by atoms with Crippen LogP contribution in [0.5, 0.6) is 0 Å². The van der Waals surface area contributed by atoms with Gasteiger partial charge < -0.3 is 0 Å². The number of hydrogen-bond acceptors (Lipinski definition) is 5. The average Bonchev–Trinajstić information content (AvgIpc) is 2.84. The van der Waals surface area contributed by atoms with E-state index in [1.54, 1.807) is 16.8 Å². The summed E-state index contributed by atoms with van der Waals surface area (Å²) in [6.45, 7) is 0. The number of nitro groups is 1. The number of tetrazole rings is 1. The molecule has 0 bridgehead atoms. The average molecular weight is 268 g/mol. The molecule has 0 saturated heterocycles. The van der Waals surface area contributed by atoms with E-state index in [-0.39, 0.29) is 5.69 Å². The first kappa shape index (κ1) is 12.4. The molecule has 0 aliphatic carbocycles. The van der Waals surface area contributed by atoms with Gasteiger partial charge in [0.1, 0.15) is 0 Å². The van der Waals surface area contributed by atoms with Gasteiger partial charge in [-0.25, -0.2) is 0 Å². The number of aryl methyl sites for hydroxylation is 1. The molecule has 0 fully saturated rings. The number of non-ortho nitro benzene ring substituents is 1. The number of benzene rings is 1. The molecule has 2 aromatic rings. The number of nitrogens with zero attached hydrogens (tertiary/aromatic N) is 5. The molecule has 2 rings (SSSR count). The van der Waals surface area contributed by atoms with E-state index in [4.69, 9.17) is 11.6 Å². The molecule has 0 saturated carbocycles. The highest BCUT2D eigenvalue weighted by molar-refractivity contribution is 6.17. The molecule has 0 aliphatic heterocycles. The van der Waals surface area contributed by atoms with E-state index in [1.807, 2.05) is 0 Å². The second kappa shape index (κ2) is 5.54. The van der Waals surface area contributed by atoms with Crippen molar-refractivity contribution in [1.82, 2.24) is 20.2 Å². The van der Waals surface area contributed by atoms with Crippen molar-refractivity contribution in [3.05, 3.63) is 40.2 Å². The fraction of sp³-hybridized carbons (Fsp3) is 0.300. The normalized spacial score (nSPS) is 10.5. The fourth-order valence-corrected chi connectivity index (χ4v) is 1.64. The van der Waals surface area contributed by atoms with Crippen molar-refractivity contribution in [2.24, 2.45) is 0 Å². The van der Waals surface area contributed by atoms with Crippen LogP contribution in [0.15, 0.2) is 24.3 Å². The monoisotopic (exact) mass is 267 g/mol. The third kappa shape index (κ3) is 2.62. The molecule has 0 amide bonds. The van der Waals surface area contributed by atoms with Crippen LogP contribution >= 0.6 is 11.6 Å². The van der Waals surface area contributed by atoms with Crippen molar-refractivity contribution >= 4 is 17.3 Å². The van der Waals surface area contributed by atoms with Crippen molar-refractivity contribution in [3.63, 3.8) is 0 Å². The first-order valence-corrected chi connectivity index (χ1v) is 5.84. The molecule has 0 spiro atoms. The summed E-state index contributed by atoms with van der Waals surface area (Å²) >= 11 is 5.62. The van der Waals surface area contributed by atoms with Crippen LogP contribution in [0.1, 0.15) is 12.2 Å². The second-order valence-corrected chi connectivity index (χ2v) is 3.95. The van der Waals surface area contributed by atoms with Crippen LogP contribution in [0.3, 0.4) is 0 Å². The van der Waals surface area contributed by atoms with Crippen molar-refractivity contribution in [1.29, 1.82) is 0 Å². The van der Waals surface area contributed by atoms with Crippen LogP contribution in [0.2, 0.25) is 0 Å². The van der Waals surface area contributed by atoms with Gasteiger partial charge in [-0.05, 0) is 29.0 Å². The van der Waals surface area contributed by atoms with Gasteiger partial charge in [-0.3, -0.25) is 10.1 Å². The van der Waals surface area contributed by atoms with Crippen molar-refractivity contribution in [2.75, 3.05) is 5.88 Å². The summed E-state index contributed by atoms with van der Waals surface area (Å²) in [5, 5.41) is 21.9. The summed E-state index contributed by atoms with van der Waals surface area (Å²) in [6, 6.07) is 6.06. The highest BCUT2D eigenvalue weighted by Gasteiger charge is 2.10. The summed E-state index contributed by atoms with van der Waals surface area (Å²) in [7, 11) is 0. The van der Waals surface area contributed by atoms with E-state index < -0.39 is 4.92 Å². The van der Waals surface area contributed by atoms with Gasteiger partial charge in [-0.1, -0.05) is 0 Å². The maximum absolute atomic E-state index is 10.6. The molecule has 0 aliphatic rings. The molecule has 0 atom stereocenters. The zero-order valence-corrected chi connectivity index (χ0v) is 10.1. The van der Waals surface area contributed by atoms with Gasteiger partial charge in [0, 0.05) is 24.4 Å². The summed E-state index contributed by atoms with van der Waals surface area (Å²) in [6.07, 6.45) is 1.43. The van der Waals surface area contributed by atoms with Gasteiger partial charge >= 0.3 is 0 Å². The van der Waals surface area contributed by atoms with Crippen molar-refractivity contribution < 1.29 is 4.92 Å². The van der Waals surface area contributed by atoms with Gasteiger partial charge in [-0.2, -0.15) is 4.68 Å². The number of halogens is 1. The molecule has 18 heavy (non-hydrogen) atoms. The molecular weight excluding hydrogens is 258 g/mol. The van der Waals surface area contributed by atoms with E-state index in [0.29, 0.717) is 23.8 Å². The van der Waals surface area contributed by atoms with Crippen LogP contribution < -0.4 is 0 Å². The first-order valence-electron chi connectivity index (χ1n) is 5.30. The number of nitro benzene ring substituents is 1. The standard InChI is InChI=1S/C10H10ClN5O2/c11-7-1-2-10-12-13-14-15(10)8-3-5-9(6-4-8)16(17)18/h3-6H,1-2,7H2. The zero-order chi connectivity index (χ0) is 13.0. The molecule has 0 radical (unpaired) electrons. The van der Waals surface area contributed by atoms with Crippen LogP contribution in [-0.2, 0) is 6.42 Å². The van der Waals surface area contributed by atoms with Gasteiger partial charge in [0.15, 0.2) is 5.82 Å². The highest BCUT2D eigenvalue weighted by Crippen LogP contribution is 2.15. The van der Waals surface area contributed by atoms with E-state index >= 15 is 0 Å². The van der Waals surface area contributed by atoms with Crippen LogP contribution in [0.25, 0.3) is 5.69 Å². The highest BCUT2D eigenvalue weighted by atomic mass is 35.5. The number of hydrogen-bond donors (Lipinski definition) is 0. The summed E-state index contributed by atoms with van der Waals surface area (Å²) in [4.78, 5) is 10.1. The van der Waals surface area contributed by atoms with Gasteiger partial charge in [0.05, 0.1) is 10.6 Å². The summed E-state index contributed by atoms with van der Waals surface area (Å²) in [5.41, 5.74) is 0.726. The Labute approximate surface area is 108 Å². The van der Waals surface area contributed by atoms with Crippen LogP contribution in [-0.4, -0.2) is 31.0 Å². The van der Waals surface area contributed by atoms with Crippen LogP contribution in [0, 0.1) is 10.1 Å². The molecule has 1 heterocycles. The van der Waals surface area contributed by atoms with Crippen molar-refractivity contribution in [3.8, 4) is 5.69 Å². The van der Waals surface area contributed by atoms with Gasteiger partial charge in [0.2, 0.25) is 0 Å². The number of aromatic nitrogens is 4. The Morgan fingerprint density at radius 1 is 1.33 bits per heavy atom. The lowest BCUT2D eigenvalue weighted by molar-refractivity contribution is -0.384. The molecule has 1 aromatic carbocycles. The van der Waals surface area contributed by atoms with E-state index in [9.17, 15) is 10.1 Å². The third-order valence-electron chi connectivity index (χ3n) is 2.37. The zero-order valence-electron chi connectivity index (χ0n) is 9.36. The van der Waals surface area contributed by atoms with E-state index in [1.165, 1.54) is 12.1 Å². The lowest BCUT2D eigenvalue weighted by Gasteiger charge is -2.03. The minimum atomic E-state index is -0.447. The van der Waals surface area contributed by atoms with Crippen LogP contribution in [0.4, 0.5) is 5.69 Å². The largest absolute Gasteiger partial charge is 0.269 e. The Bertz CT molecular complexity index is 539. The Morgan fingerprint density at radius 2 is 2.06 bits per heavy atom. The Kier molecular flexibility index (Phi) is 3.83. The molecule has 94 valence electrons. The Balaban J connectivity index is 2.25. The summed E-state index contributed by atoms with van der Waals surface area (Å²) < 4.78 is 1.55. The van der Waals surface area contributed by atoms with Gasteiger partial charge in [0.25, 0.3) is 5.69 Å². The lowest BCUT2D eigenvalue weighted by Crippen LogP contribution is -2.03. The Morgan fingerprint density at radius 3 is 2.67 bits per heavy atom. The predicted octanol–water partition coefficient (Wildman–Crippen LogP) is 1.74. The maximum atomic E-state index is 10.6. The third-order valence-corrected chi connectivity index (χ3v) is 2.64. The fourth-order valence-electron chi connectivity index (χ4n) is 1.50. The maximum Gasteiger partial charge on any atom is 0.269 e. The molecule has 0 unspecified atom stereocenters. The second-order valence-electron chi connectivity index (χ2n) is 3.57. The minimum Gasteiger partial charge on any atom is -0.258 e. The summed E-state index contributed by atoms with van der Waals surface area (Å²) in [5.74, 6) is 1.22. The molecular formula is C10H10ClN5O2. The first-order chi connectivity index (χ1) is 8.72. The van der Waals surface area contributed by atoms with E-state index in [2.05, 4.69) is 15.5 Å². The lowest BCUT2D eigenvalue weighted by atomic mass is 10.2. The topological polar surface area (TPSA) is 86.7 Å². The van der Waals surface area contributed by atoms with Gasteiger partial charge in [-0.15, -0.1) is 16.7 Å². The van der Waals surface area contributed by atoms with E-state index in [0.717, 1.165) is 6.42 Å². The number of rotatable bonds is 5. The quantitative estimate of drug-likeness (QED) is 0.468. The SMILES string of the molecule is O=[N+]([O-])c1ccc(-n2nnnc2CCCCl)cc1. The molecule has 7 nitrogen and oxygen atoms in total. The molecule has 1 aromatic heterocycles. The van der Waals surface area contributed by atoms with Crippen molar-refractivity contribution in [2.45, 2.75) is 12.8 Å². The smallest absolute Gasteiger partial charge is 0.258 e. The molecule has 0 N–H and O–H groups in total. The number of alkyl halides is 1.